The molecule has 0 aromatic heterocycles. The van der Waals surface area contributed by atoms with E-state index in [4.69, 9.17) is 0 Å². The van der Waals surface area contributed by atoms with Crippen LogP contribution in [0.3, 0.4) is 0 Å². The lowest BCUT2D eigenvalue weighted by molar-refractivity contribution is -0.110. The Morgan fingerprint density at radius 1 is 1.75 bits per heavy atom. The Hall–Kier alpha value is 0.370. The minimum absolute atomic E-state index is 0.263. The van der Waals surface area contributed by atoms with E-state index in [1.807, 2.05) is 6.92 Å². The Morgan fingerprint density at radius 3 is 2.75 bits per heavy atom. The van der Waals surface area contributed by atoms with Crippen LogP contribution in [-0.2, 0) is 4.79 Å². The summed E-state index contributed by atoms with van der Waals surface area (Å²) in [5.74, 6) is 1.63. The second kappa shape index (κ2) is 5.51. The third kappa shape index (κ3) is 4.53. The minimum Gasteiger partial charge on any atom is -0.287 e. The van der Waals surface area contributed by atoms with Crippen molar-refractivity contribution in [3.63, 3.8) is 0 Å². The van der Waals surface area contributed by atoms with Gasteiger partial charge in [-0.25, -0.2) is 0 Å². The van der Waals surface area contributed by atoms with Crippen LogP contribution < -0.4 is 0 Å². The molecule has 0 saturated heterocycles. The summed E-state index contributed by atoms with van der Waals surface area (Å²) in [5, 5.41) is 0.263. The molecular weight excluding hydrogens is 140 g/mol. The molecule has 0 aliphatic heterocycles. The number of hydrogen-bond acceptors (Lipinski definition) is 3. The van der Waals surface area contributed by atoms with E-state index in [2.05, 4.69) is 12.6 Å². The normalized spacial score (nSPS) is 9.25. The molecule has 0 heterocycles. The van der Waals surface area contributed by atoms with Gasteiger partial charge in [-0.1, -0.05) is 18.7 Å². The van der Waals surface area contributed by atoms with Gasteiger partial charge in [0.1, 0.15) is 0 Å². The molecule has 0 rings (SSSR count). The summed E-state index contributed by atoms with van der Waals surface area (Å²) < 4.78 is 0. The van der Waals surface area contributed by atoms with Gasteiger partial charge >= 0.3 is 0 Å². The fourth-order valence-corrected chi connectivity index (χ4v) is 1.06. The number of thiol groups is 1. The Bertz CT molecular complexity index is 72.8. The quantitative estimate of drug-likeness (QED) is 0.615. The van der Waals surface area contributed by atoms with E-state index >= 15 is 0 Å². The molecule has 1 nitrogen and oxygen atoms in total. The fraction of sp³-hybridized carbons (Fsp3) is 0.800. The maximum Gasteiger partial charge on any atom is 0.188 e. The summed E-state index contributed by atoms with van der Waals surface area (Å²) in [4.78, 5) is 10.5. The summed E-state index contributed by atoms with van der Waals surface area (Å²) in [5.41, 5.74) is 0. The van der Waals surface area contributed by atoms with Crippen molar-refractivity contribution in [3.8, 4) is 0 Å². The Labute approximate surface area is 59.6 Å². The molecule has 8 heavy (non-hydrogen) atoms. The molecule has 0 aliphatic rings. The van der Waals surface area contributed by atoms with Crippen LogP contribution in [0, 0.1) is 0 Å². The van der Waals surface area contributed by atoms with E-state index in [9.17, 15) is 4.79 Å². The van der Waals surface area contributed by atoms with Crippen molar-refractivity contribution in [1.82, 2.24) is 0 Å². The zero-order chi connectivity index (χ0) is 6.41. The van der Waals surface area contributed by atoms with Crippen LogP contribution >= 0.6 is 24.4 Å². The highest BCUT2D eigenvalue weighted by molar-refractivity contribution is 8.13. The monoisotopic (exact) mass is 150 g/mol. The fourth-order valence-electron chi connectivity index (χ4n) is 0.262. The van der Waals surface area contributed by atoms with Crippen LogP contribution in [0.1, 0.15) is 13.3 Å². The molecule has 3 heteroatoms. The average molecular weight is 150 g/mol. The third-order valence-corrected chi connectivity index (χ3v) is 2.19. The summed E-state index contributed by atoms with van der Waals surface area (Å²) in [7, 11) is 0. The standard InChI is InChI=1S/C5H10OS2/c1-2-5(6)8-4-3-7/h7H,2-4H2,1H3. The van der Waals surface area contributed by atoms with E-state index in [1.54, 1.807) is 0 Å². The number of carbonyl (C=O) groups excluding carboxylic acids is 1. The van der Waals surface area contributed by atoms with Gasteiger partial charge in [-0.3, -0.25) is 4.79 Å². The van der Waals surface area contributed by atoms with E-state index in [1.165, 1.54) is 11.8 Å². The molecule has 0 spiro atoms. The van der Waals surface area contributed by atoms with Gasteiger partial charge in [0.25, 0.3) is 0 Å². The van der Waals surface area contributed by atoms with E-state index < -0.39 is 0 Å². The molecule has 0 atom stereocenters. The van der Waals surface area contributed by atoms with Crippen LogP contribution in [-0.4, -0.2) is 16.6 Å². The van der Waals surface area contributed by atoms with Gasteiger partial charge in [0.2, 0.25) is 0 Å². The molecule has 0 amide bonds. The van der Waals surface area contributed by atoms with Crippen LogP contribution in [0.25, 0.3) is 0 Å². The van der Waals surface area contributed by atoms with E-state index in [0.29, 0.717) is 6.42 Å². The molecule has 0 bridgehead atoms. The van der Waals surface area contributed by atoms with E-state index in [0.717, 1.165) is 11.5 Å². The van der Waals surface area contributed by atoms with Crippen molar-refractivity contribution in [2.45, 2.75) is 13.3 Å². The van der Waals surface area contributed by atoms with Gasteiger partial charge in [-0.05, 0) is 5.75 Å². The first-order valence-corrected chi connectivity index (χ1v) is 4.19. The number of thioether (sulfide) groups is 1. The molecule has 0 aromatic carbocycles. The second-order valence-electron chi connectivity index (χ2n) is 1.30. The highest BCUT2D eigenvalue weighted by atomic mass is 32.2. The average Bonchev–Trinajstić information content (AvgIpc) is 1.83. The summed E-state index contributed by atoms with van der Waals surface area (Å²) in [6.45, 7) is 1.87. The summed E-state index contributed by atoms with van der Waals surface area (Å²) >= 11 is 5.32. The first-order valence-electron chi connectivity index (χ1n) is 2.57. The maximum absolute atomic E-state index is 10.5. The van der Waals surface area contributed by atoms with Gasteiger partial charge in [-0.15, -0.1) is 0 Å². The second-order valence-corrected chi connectivity index (χ2v) is 2.90. The highest BCUT2D eigenvalue weighted by Gasteiger charge is 1.94. The largest absolute Gasteiger partial charge is 0.287 e. The first-order chi connectivity index (χ1) is 3.81. The van der Waals surface area contributed by atoms with Gasteiger partial charge in [0, 0.05) is 12.2 Å². The zero-order valence-corrected chi connectivity index (χ0v) is 6.60. The van der Waals surface area contributed by atoms with Crippen molar-refractivity contribution < 1.29 is 4.79 Å². The lowest BCUT2D eigenvalue weighted by atomic mass is 10.6. The molecule has 0 unspecified atom stereocenters. The molecule has 48 valence electrons. The molecule has 0 saturated carbocycles. The van der Waals surface area contributed by atoms with E-state index in [-0.39, 0.29) is 5.12 Å². The SMILES string of the molecule is CCC(=O)SCCS. The van der Waals surface area contributed by atoms with Gasteiger partial charge in [-0.2, -0.15) is 12.6 Å². The van der Waals surface area contributed by atoms with Gasteiger partial charge in [0.15, 0.2) is 5.12 Å². The topological polar surface area (TPSA) is 17.1 Å². The molecular formula is C5H10OS2. The first kappa shape index (κ1) is 8.37. The van der Waals surface area contributed by atoms with Crippen molar-refractivity contribution in [1.29, 1.82) is 0 Å². The molecule has 0 N–H and O–H groups in total. The maximum atomic E-state index is 10.5. The Balaban J connectivity index is 2.99. The van der Waals surface area contributed by atoms with Crippen molar-refractivity contribution in [2.24, 2.45) is 0 Å². The van der Waals surface area contributed by atoms with Crippen molar-refractivity contribution in [3.05, 3.63) is 0 Å². The van der Waals surface area contributed by atoms with Crippen molar-refractivity contribution in [2.75, 3.05) is 11.5 Å². The summed E-state index contributed by atoms with van der Waals surface area (Å²) in [6, 6.07) is 0. The van der Waals surface area contributed by atoms with Crippen LogP contribution in [0.5, 0.6) is 0 Å². The number of hydrogen-bond donors (Lipinski definition) is 1. The van der Waals surface area contributed by atoms with Gasteiger partial charge in [0.05, 0.1) is 0 Å². The highest BCUT2D eigenvalue weighted by Crippen LogP contribution is 2.03. The van der Waals surface area contributed by atoms with Crippen LogP contribution in [0.15, 0.2) is 0 Å². The Morgan fingerprint density at radius 2 is 2.38 bits per heavy atom. The predicted octanol–water partition coefficient (Wildman–Crippen LogP) is 1.59. The third-order valence-electron chi connectivity index (χ3n) is 0.643. The molecule has 0 radical (unpaired) electrons. The number of rotatable bonds is 3. The van der Waals surface area contributed by atoms with Crippen LogP contribution in [0.4, 0.5) is 0 Å². The molecule has 0 fully saturated rings. The summed E-state index contributed by atoms with van der Waals surface area (Å²) in [6.07, 6.45) is 0.637. The lowest BCUT2D eigenvalue weighted by Crippen LogP contribution is -1.89. The van der Waals surface area contributed by atoms with Gasteiger partial charge < -0.3 is 0 Å². The zero-order valence-electron chi connectivity index (χ0n) is 4.89. The molecule has 0 aromatic rings. The number of carbonyl (C=O) groups is 1. The van der Waals surface area contributed by atoms with Crippen LogP contribution in [0.2, 0.25) is 0 Å². The van der Waals surface area contributed by atoms with Crippen molar-refractivity contribution >= 4 is 29.5 Å². The Kier molecular flexibility index (Phi) is 5.76. The lowest BCUT2D eigenvalue weighted by Gasteiger charge is -1.90. The smallest absolute Gasteiger partial charge is 0.188 e. The predicted molar refractivity (Wildman–Crippen MR) is 41.6 cm³/mol. The molecule has 0 aliphatic carbocycles. The minimum atomic E-state index is 0.263.